The molecule has 0 saturated carbocycles. The van der Waals surface area contributed by atoms with Crippen LogP contribution in [-0.2, 0) is 60.3 Å². The van der Waals surface area contributed by atoms with Crippen LogP contribution in [0.2, 0.25) is 0 Å². The number of hydrogen-bond donors (Lipinski definition) is 2. The maximum absolute atomic E-state index is 14.2. The quantitative estimate of drug-likeness (QED) is 0.0495. The van der Waals surface area contributed by atoms with Gasteiger partial charge in [0.25, 0.3) is 0 Å². The zero-order chi connectivity index (χ0) is 54.3. The lowest BCUT2D eigenvalue weighted by atomic mass is 9.12. The molecule has 0 saturated heterocycles. The fraction of sp³-hybridized carbons (Fsp3) is 0.262. The van der Waals surface area contributed by atoms with E-state index >= 15 is 0 Å². The number of alkyl halides is 24. The highest BCUT2D eigenvalue weighted by Crippen LogP contribution is 2.41. The first kappa shape index (κ1) is 58.8. The van der Waals surface area contributed by atoms with Crippen molar-refractivity contribution in [3.8, 4) is 0 Å². The first-order chi connectivity index (χ1) is 32.0. The van der Waals surface area contributed by atoms with E-state index in [0.717, 1.165) is 15.7 Å². The SMILES string of the molecule is FC(F)(F)c1cc([B-](c2cc(C(F)(F)F)cc(C(F)(F)F)c2)(c2cc(C(F)(F)F)cc(C(F)(F)F)c2)c2cc(C(F)(F)F)cc(C(F)(F)F)c2)cc(C(F)(F)F)c1.O=C(C[S+](CS)CS)c1ccccc1. The van der Waals surface area contributed by atoms with Crippen LogP contribution in [0.15, 0.2) is 103 Å². The third-order valence-corrected chi connectivity index (χ3v) is 13.8. The number of carbonyl (C=O) groups is 1. The molecule has 0 N–H and O–H groups in total. The molecule has 0 amide bonds. The highest BCUT2D eigenvalue weighted by molar-refractivity contribution is 8.13. The van der Waals surface area contributed by atoms with Crippen LogP contribution in [0.25, 0.3) is 0 Å². The molecule has 0 aliphatic heterocycles. The molecule has 0 spiro atoms. The maximum atomic E-state index is 14.2. The smallest absolute Gasteiger partial charge is 0.289 e. The molecule has 0 heterocycles. The Labute approximate surface area is 397 Å². The minimum absolute atomic E-state index is 0.00987. The largest absolute Gasteiger partial charge is 0.416 e. The number of ketones is 1. The van der Waals surface area contributed by atoms with Gasteiger partial charge in [-0.15, -0.1) is 25.3 Å². The summed E-state index contributed by atoms with van der Waals surface area (Å²) < 4.78 is 341. The highest BCUT2D eigenvalue weighted by Gasteiger charge is 2.47. The molecule has 0 radical (unpaired) electrons. The number of thiol groups is 2. The van der Waals surface area contributed by atoms with Crippen molar-refractivity contribution in [3.63, 3.8) is 0 Å². The molecule has 1 nitrogen and oxygen atoms in total. The van der Waals surface area contributed by atoms with Gasteiger partial charge < -0.3 is 0 Å². The lowest BCUT2D eigenvalue weighted by Gasteiger charge is -2.46. The van der Waals surface area contributed by atoms with E-state index in [9.17, 15) is 110 Å². The van der Waals surface area contributed by atoms with Crippen LogP contribution in [-0.4, -0.2) is 27.9 Å². The fourth-order valence-electron chi connectivity index (χ4n) is 7.10. The molecule has 0 aromatic heterocycles. The standard InChI is InChI=1S/C32H12BF24.C10H12OS3/c34-25(35,36)13-1-14(26(37,38)39)6-21(5-13)33(22-7-15(27(40,41)42)2-16(8-22)28(43,44)45,23-9-17(29(46,47)48)3-18(10-23)30(49,50)51)24-11-19(31(52,53)54)4-20(12-24)32(55,56)57;11-10(6-14(7-12)8-13)9-4-2-1-3-5-9/h1-12H;1-5H,6-8H2,(H-,12,13)/q-1;/p+1. The Hall–Kier alpha value is -4.80. The van der Waals surface area contributed by atoms with E-state index in [4.69, 9.17) is 0 Å². The van der Waals surface area contributed by atoms with Gasteiger partial charge in [0, 0.05) is 16.5 Å². The van der Waals surface area contributed by atoms with Crippen molar-refractivity contribution < 1.29 is 110 Å². The molecule has 0 bridgehead atoms. The molecule has 71 heavy (non-hydrogen) atoms. The van der Waals surface area contributed by atoms with Gasteiger partial charge in [-0.25, -0.2) is 0 Å². The second-order valence-electron chi connectivity index (χ2n) is 15.0. The molecule has 0 atom stereocenters. The summed E-state index contributed by atoms with van der Waals surface area (Å²) in [6, 6.07) is 0.560. The average molecular weight is 1110 g/mol. The topological polar surface area (TPSA) is 17.1 Å². The van der Waals surface area contributed by atoms with Crippen molar-refractivity contribution in [2.45, 2.75) is 49.4 Å². The molecule has 388 valence electrons. The second-order valence-corrected chi connectivity index (χ2v) is 18.6. The van der Waals surface area contributed by atoms with E-state index in [1.165, 1.54) is 0 Å². The Balaban J connectivity index is 0.000000671. The summed E-state index contributed by atoms with van der Waals surface area (Å²) in [6.07, 6.45) is -54.8. The van der Waals surface area contributed by atoms with Gasteiger partial charge in [0.15, 0.2) is 15.9 Å². The molecule has 0 unspecified atom stereocenters. The number of hydrogen-bond acceptors (Lipinski definition) is 3. The lowest BCUT2D eigenvalue weighted by Crippen LogP contribution is -2.75. The van der Waals surface area contributed by atoms with Gasteiger partial charge in [-0.2, -0.15) is 127 Å². The van der Waals surface area contributed by atoms with Crippen LogP contribution in [0.4, 0.5) is 105 Å². The van der Waals surface area contributed by atoms with E-state index in [2.05, 4.69) is 25.3 Å². The van der Waals surface area contributed by atoms with Crippen molar-refractivity contribution >= 4 is 69.9 Å². The van der Waals surface area contributed by atoms with E-state index < -0.39 is 195 Å². The molecule has 5 aromatic rings. The maximum Gasteiger partial charge on any atom is 0.416 e. The summed E-state index contributed by atoms with van der Waals surface area (Å²) in [5.41, 5.74) is -29.4. The zero-order valence-electron chi connectivity index (χ0n) is 34.3. The van der Waals surface area contributed by atoms with Crippen molar-refractivity contribution in [2.24, 2.45) is 0 Å². The van der Waals surface area contributed by atoms with E-state index in [1.54, 1.807) is 0 Å². The molecule has 5 aromatic carbocycles. The van der Waals surface area contributed by atoms with Crippen molar-refractivity contribution in [1.29, 1.82) is 0 Å². The molecule has 0 aliphatic rings. The van der Waals surface area contributed by atoms with Crippen molar-refractivity contribution in [3.05, 3.63) is 153 Å². The summed E-state index contributed by atoms with van der Waals surface area (Å²) in [4.78, 5) is 11.7. The molecule has 0 fully saturated rings. The second kappa shape index (κ2) is 20.6. The van der Waals surface area contributed by atoms with E-state index in [-0.39, 0.29) is 16.7 Å². The monoisotopic (exact) mass is 1110 g/mol. The summed E-state index contributed by atoms with van der Waals surface area (Å²) in [6.45, 7) is 0. The van der Waals surface area contributed by atoms with Gasteiger partial charge in [0.05, 0.1) is 44.5 Å². The summed E-state index contributed by atoms with van der Waals surface area (Å²) >= 11 is 8.39. The third-order valence-electron chi connectivity index (χ3n) is 10.2. The molecule has 29 heteroatoms. The lowest BCUT2D eigenvalue weighted by molar-refractivity contribution is -0.144. The minimum Gasteiger partial charge on any atom is -0.289 e. The fourth-order valence-corrected chi connectivity index (χ4v) is 9.42. The van der Waals surface area contributed by atoms with Crippen molar-refractivity contribution in [2.75, 3.05) is 15.9 Å². The van der Waals surface area contributed by atoms with Crippen molar-refractivity contribution in [1.82, 2.24) is 0 Å². The predicted octanol–water partition coefficient (Wildman–Crippen LogP) is 13.5. The first-order valence-electron chi connectivity index (χ1n) is 18.8. The summed E-state index contributed by atoms with van der Waals surface area (Å²) in [5, 5.41) is 1.48. The molecule has 5 rings (SSSR count). The first-order valence-corrected chi connectivity index (χ1v) is 21.8. The van der Waals surface area contributed by atoms with E-state index in [0.29, 0.717) is 5.75 Å². The Morgan fingerprint density at radius 1 is 0.352 bits per heavy atom. The highest BCUT2D eigenvalue weighted by atomic mass is 32.3. The van der Waals surface area contributed by atoms with Gasteiger partial charge in [-0.3, -0.25) is 4.79 Å². The Kier molecular flexibility index (Phi) is 17.1. The predicted molar refractivity (Wildman–Crippen MR) is 221 cm³/mol. The average Bonchev–Trinajstić information content (AvgIpc) is 3.23. The minimum atomic E-state index is -6.13. The van der Waals surface area contributed by atoms with Crippen LogP contribution in [0, 0.1) is 0 Å². The van der Waals surface area contributed by atoms with Crippen LogP contribution < -0.4 is 21.9 Å². The van der Waals surface area contributed by atoms with Gasteiger partial charge in [0.1, 0.15) is 6.15 Å². The van der Waals surface area contributed by atoms with Gasteiger partial charge in [-0.1, -0.05) is 78.9 Å². The molecule has 0 aliphatic carbocycles. The number of benzene rings is 5. The Bertz CT molecular complexity index is 2240. The normalized spacial score (nSPS) is 13.6. The number of Topliss-reactive ketones (excluding diaryl/α,β-unsaturated/α-hetero) is 1. The summed E-state index contributed by atoms with van der Waals surface area (Å²) in [7, 11) is 0.00987. The van der Waals surface area contributed by atoms with Crippen LogP contribution in [0.5, 0.6) is 0 Å². The number of carbonyl (C=O) groups excluding carboxylic acids is 1. The molecular weight excluding hydrogens is 1080 g/mol. The molecular formula is C42H25BF24OS3. The number of halogens is 24. The van der Waals surface area contributed by atoms with Crippen LogP contribution in [0.1, 0.15) is 54.9 Å². The van der Waals surface area contributed by atoms with E-state index in [1.807, 2.05) is 30.3 Å². The Morgan fingerprint density at radius 3 is 0.718 bits per heavy atom. The van der Waals surface area contributed by atoms with Gasteiger partial charge in [0.2, 0.25) is 5.78 Å². The number of rotatable bonds is 9. The Morgan fingerprint density at radius 2 is 0.549 bits per heavy atom. The zero-order valence-corrected chi connectivity index (χ0v) is 36.9. The third kappa shape index (κ3) is 14.2. The van der Waals surface area contributed by atoms with Crippen LogP contribution in [0.3, 0.4) is 0 Å². The summed E-state index contributed by atoms with van der Waals surface area (Å²) in [5.74, 6) is 0.758. The van der Waals surface area contributed by atoms with Gasteiger partial charge >= 0.3 is 49.4 Å². The van der Waals surface area contributed by atoms with Crippen LogP contribution >= 0.6 is 25.3 Å². The van der Waals surface area contributed by atoms with Gasteiger partial charge in [-0.05, 0) is 24.3 Å².